The minimum absolute atomic E-state index is 0.124. The fraction of sp³-hybridized carbons (Fsp3) is 0.625. The molecule has 1 fully saturated rings. The van der Waals surface area contributed by atoms with E-state index in [9.17, 15) is 4.39 Å². The summed E-state index contributed by atoms with van der Waals surface area (Å²) in [5.41, 5.74) is 1.82. The van der Waals surface area contributed by atoms with Crippen LogP contribution in [0.2, 0.25) is 0 Å². The molecule has 1 aromatic carbocycles. The van der Waals surface area contributed by atoms with Crippen LogP contribution < -0.4 is 0 Å². The van der Waals surface area contributed by atoms with Crippen molar-refractivity contribution in [2.45, 2.75) is 60.3 Å². The van der Waals surface area contributed by atoms with Crippen molar-refractivity contribution >= 4 is 0 Å². The first-order valence-electron chi connectivity index (χ1n) is 6.86. The standard InChI is InChI=1S/C8H9F.C6H12.C2H6/c1-6-3-4-8(9)7(2)5-6;1-2-6-4-3-5-6;1-2/h3-5H,1-2H3;6H,2-5H2,1H3;1-2H3. The Bertz CT molecular complexity index is 298. The third-order valence-corrected chi connectivity index (χ3v) is 3.12. The Kier molecular flexibility index (Phi) is 8.75. The van der Waals surface area contributed by atoms with E-state index < -0.39 is 0 Å². The molecule has 0 unspecified atom stereocenters. The Morgan fingerprint density at radius 3 is 2.00 bits per heavy atom. The lowest BCUT2D eigenvalue weighted by atomic mass is 9.84. The van der Waals surface area contributed by atoms with Gasteiger partial charge in [0.15, 0.2) is 0 Å². The molecule has 17 heavy (non-hydrogen) atoms. The average molecular weight is 238 g/mol. The Labute approximate surface area is 106 Å². The lowest BCUT2D eigenvalue weighted by Gasteiger charge is -2.22. The first-order valence-corrected chi connectivity index (χ1v) is 6.86. The van der Waals surface area contributed by atoms with Crippen molar-refractivity contribution in [3.63, 3.8) is 0 Å². The highest BCUT2D eigenvalue weighted by Gasteiger charge is 2.13. The maximum Gasteiger partial charge on any atom is 0.126 e. The van der Waals surface area contributed by atoms with Gasteiger partial charge >= 0.3 is 0 Å². The topological polar surface area (TPSA) is 0 Å². The molecule has 0 radical (unpaired) electrons. The zero-order valence-electron chi connectivity index (χ0n) is 12.0. The van der Waals surface area contributed by atoms with Crippen molar-refractivity contribution in [1.82, 2.24) is 0 Å². The summed E-state index contributed by atoms with van der Waals surface area (Å²) in [4.78, 5) is 0. The van der Waals surface area contributed by atoms with E-state index >= 15 is 0 Å². The number of halogens is 1. The summed E-state index contributed by atoms with van der Waals surface area (Å²) in [6, 6.07) is 5.09. The minimum Gasteiger partial charge on any atom is -0.207 e. The molecular weight excluding hydrogens is 211 g/mol. The van der Waals surface area contributed by atoms with E-state index in [1.54, 1.807) is 13.0 Å². The SMILES string of the molecule is CC.CCC1CCC1.Cc1ccc(F)c(C)c1. The van der Waals surface area contributed by atoms with Gasteiger partial charge in [-0.05, 0) is 31.4 Å². The van der Waals surface area contributed by atoms with E-state index in [4.69, 9.17) is 0 Å². The molecule has 0 aromatic heterocycles. The molecule has 0 aliphatic heterocycles. The largest absolute Gasteiger partial charge is 0.207 e. The molecule has 1 aromatic rings. The van der Waals surface area contributed by atoms with Crippen LogP contribution in [0.4, 0.5) is 4.39 Å². The molecule has 0 saturated heterocycles. The van der Waals surface area contributed by atoms with Gasteiger partial charge < -0.3 is 0 Å². The highest BCUT2D eigenvalue weighted by Crippen LogP contribution is 2.28. The van der Waals surface area contributed by atoms with Crippen molar-refractivity contribution in [2.24, 2.45) is 5.92 Å². The summed E-state index contributed by atoms with van der Waals surface area (Å²) in [6.07, 6.45) is 5.94. The van der Waals surface area contributed by atoms with Gasteiger partial charge in [-0.1, -0.05) is 64.2 Å². The van der Waals surface area contributed by atoms with Gasteiger partial charge in [-0.2, -0.15) is 0 Å². The van der Waals surface area contributed by atoms with Crippen LogP contribution in [0.25, 0.3) is 0 Å². The molecule has 0 amide bonds. The van der Waals surface area contributed by atoms with Gasteiger partial charge in [0.1, 0.15) is 5.82 Å². The van der Waals surface area contributed by atoms with Crippen molar-refractivity contribution in [3.8, 4) is 0 Å². The molecule has 0 spiro atoms. The van der Waals surface area contributed by atoms with E-state index in [0.717, 1.165) is 17.0 Å². The van der Waals surface area contributed by atoms with E-state index in [0.29, 0.717) is 0 Å². The van der Waals surface area contributed by atoms with Crippen LogP contribution in [0.3, 0.4) is 0 Å². The molecule has 98 valence electrons. The van der Waals surface area contributed by atoms with Crippen molar-refractivity contribution in [1.29, 1.82) is 0 Å². The molecule has 0 heterocycles. The fourth-order valence-corrected chi connectivity index (χ4v) is 1.70. The normalized spacial score (nSPS) is 13.8. The summed E-state index contributed by atoms with van der Waals surface area (Å²) in [6.45, 7) is 10.00. The summed E-state index contributed by atoms with van der Waals surface area (Å²) >= 11 is 0. The van der Waals surface area contributed by atoms with Gasteiger partial charge in [0.2, 0.25) is 0 Å². The predicted molar refractivity (Wildman–Crippen MR) is 74.9 cm³/mol. The second kappa shape index (κ2) is 9.21. The second-order valence-corrected chi connectivity index (χ2v) is 4.46. The van der Waals surface area contributed by atoms with E-state index in [1.165, 1.54) is 31.7 Å². The van der Waals surface area contributed by atoms with Crippen LogP contribution in [0.1, 0.15) is 57.6 Å². The zero-order chi connectivity index (χ0) is 13.3. The Morgan fingerprint density at radius 2 is 1.76 bits per heavy atom. The van der Waals surface area contributed by atoms with E-state index in [2.05, 4.69) is 6.92 Å². The van der Waals surface area contributed by atoms with Crippen LogP contribution in [0, 0.1) is 25.6 Å². The molecule has 1 saturated carbocycles. The van der Waals surface area contributed by atoms with Crippen LogP contribution in [0.15, 0.2) is 18.2 Å². The monoisotopic (exact) mass is 238 g/mol. The fourth-order valence-electron chi connectivity index (χ4n) is 1.70. The molecular formula is C16H27F. The average Bonchev–Trinajstić information content (AvgIpc) is 2.26. The number of hydrogen-bond donors (Lipinski definition) is 0. The van der Waals surface area contributed by atoms with Crippen LogP contribution in [-0.4, -0.2) is 0 Å². The molecule has 0 N–H and O–H groups in total. The summed E-state index contributed by atoms with van der Waals surface area (Å²) in [5.74, 6) is 0.991. The van der Waals surface area contributed by atoms with Crippen molar-refractivity contribution in [3.05, 3.63) is 35.1 Å². The van der Waals surface area contributed by atoms with E-state index in [1.807, 2.05) is 26.8 Å². The Balaban J connectivity index is 0.000000278. The third-order valence-electron chi connectivity index (χ3n) is 3.12. The van der Waals surface area contributed by atoms with Gasteiger partial charge in [-0.25, -0.2) is 4.39 Å². The summed E-state index contributed by atoms with van der Waals surface area (Å²) in [5, 5.41) is 0. The lowest BCUT2D eigenvalue weighted by molar-refractivity contribution is 0.307. The maximum atomic E-state index is 12.5. The molecule has 1 aliphatic rings. The number of aryl methyl sites for hydroxylation is 2. The van der Waals surface area contributed by atoms with Crippen LogP contribution >= 0.6 is 0 Å². The third kappa shape index (κ3) is 6.45. The highest BCUT2D eigenvalue weighted by atomic mass is 19.1. The first kappa shape index (κ1) is 16.1. The Morgan fingerprint density at radius 1 is 1.18 bits per heavy atom. The lowest BCUT2D eigenvalue weighted by Crippen LogP contribution is -2.08. The smallest absolute Gasteiger partial charge is 0.126 e. The van der Waals surface area contributed by atoms with Crippen LogP contribution in [0.5, 0.6) is 0 Å². The predicted octanol–water partition coefficient (Wildman–Crippen LogP) is 5.67. The zero-order valence-corrected chi connectivity index (χ0v) is 12.0. The van der Waals surface area contributed by atoms with E-state index in [-0.39, 0.29) is 5.82 Å². The van der Waals surface area contributed by atoms with Gasteiger partial charge in [-0.3, -0.25) is 0 Å². The molecule has 0 atom stereocenters. The molecule has 1 aliphatic carbocycles. The number of hydrogen-bond acceptors (Lipinski definition) is 0. The molecule has 0 bridgehead atoms. The molecule has 2 rings (SSSR count). The van der Waals surface area contributed by atoms with Gasteiger partial charge in [-0.15, -0.1) is 0 Å². The number of rotatable bonds is 1. The minimum atomic E-state index is -0.124. The van der Waals surface area contributed by atoms with Crippen molar-refractivity contribution in [2.75, 3.05) is 0 Å². The maximum absolute atomic E-state index is 12.5. The second-order valence-electron chi connectivity index (χ2n) is 4.46. The van der Waals surface area contributed by atoms with Gasteiger partial charge in [0, 0.05) is 0 Å². The first-order chi connectivity index (χ1) is 8.13. The van der Waals surface area contributed by atoms with Gasteiger partial charge in [0.25, 0.3) is 0 Å². The Hall–Kier alpha value is -0.850. The molecule has 1 heteroatoms. The number of benzene rings is 1. The summed E-state index contributed by atoms with van der Waals surface area (Å²) < 4.78 is 12.5. The molecule has 0 nitrogen and oxygen atoms in total. The highest BCUT2D eigenvalue weighted by molar-refractivity contribution is 5.22. The summed E-state index contributed by atoms with van der Waals surface area (Å²) in [7, 11) is 0. The van der Waals surface area contributed by atoms with Gasteiger partial charge in [0.05, 0.1) is 0 Å². The quantitative estimate of drug-likeness (QED) is 0.591. The van der Waals surface area contributed by atoms with Crippen molar-refractivity contribution < 1.29 is 4.39 Å². The van der Waals surface area contributed by atoms with Crippen LogP contribution in [-0.2, 0) is 0 Å².